The van der Waals surface area contributed by atoms with Gasteiger partial charge in [0.15, 0.2) is 0 Å². The molecule has 3 nitrogen and oxygen atoms in total. The molecule has 0 spiro atoms. The van der Waals surface area contributed by atoms with Crippen molar-refractivity contribution in [3.63, 3.8) is 0 Å². The van der Waals surface area contributed by atoms with Crippen molar-refractivity contribution in [1.82, 2.24) is 4.90 Å². The van der Waals surface area contributed by atoms with E-state index in [0.29, 0.717) is 0 Å². The number of rotatable bonds is 1. The Hall–Kier alpha value is -1.29. The molecule has 0 saturated heterocycles. The van der Waals surface area contributed by atoms with Crippen molar-refractivity contribution in [1.29, 1.82) is 0 Å². The monoisotopic (exact) mass is 278 g/mol. The Morgan fingerprint density at radius 3 is 3.25 bits per heavy atom. The summed E-state index contributed by atoms with van der Waals surface area (Å²) in [4.78, 5) is 6.78. The number of fused-ring (bicyclic) bond motifs is 1. The van der Waals surface area contributed by atoms with Gasteiger partial charge in [0.25, 0.3) is 0 Å². The average Bonchev–Trinajstić information content (AvgIpc) is 2.72. The van der Waals surface area contributed by atoms with Crippen LogP contribution >= 0.6 is 15.9 Å². The number of aliphatic imine (C=N–C) groups is 1. The summed E-state index contributed by atoms with van der Waals surface area (Å²) in [6.07, 6.45) is 3.77. The van der Waals surface area contributed by atoms with E-state index in [2.05, 4.69) is 38.0 Å². The van der Waals surface area contributed by atoms with Crippen LogP contribution in [0.1, 0.15) is 11.7 Å². The van der Waals surface area contributed by atoms with Gasteiger partial charge in [-0.2, -0.15) is 0 Å². The molecule has 0 aromatic heterocycles. The molecule has 0 radical (unpaired) electrons. The van der Waals surface area contributed by atoms with E-state index in [0.717, 1.165) is 23.3 Å². The molecule has 2 heterocycles. The summed E-state index contributed by atoms with van der Waals surface area (Å²) in [5, 5.41) is 0. The van der Waals surface area contributed by atoms with E-state index in [9.17, 15) is 0 Å². The van der Waals surface area contributed by atoms with Gasteiger partial charge in [-0.25, -0.2) is 0 Å². The van der Waals surface area contributed by atoms with Crippen LogP contribution in [0.2, 0.25) is 0 Å². The zero-order chi connectivity index (χ0) is 11.0. The van der Waals surface area contributed by atoms with Crippen LogP contribution in [-0.2, 0) is 4.74 Å². The summed E-state index contributed by atoms with van der Waals surface area (Å²) < 4.78 is 6.38. The highest BCUT2D eigenvalue weighted by Gasteiger charge is 2.27. The van der Waals surface area contributed by atoms with Crippen molar-refractivity contribution < 1.29 is 4.74 Å². The highest BCUT2D eigenvalue weighted by molar-refractivity contribution is 9.10. The number of hydrogen-bond donors (Lipinski definition) is 0. The van der Waals surface area contributed by atoms with E-state index in [-0.39, 0.29) is 6.17 Å². The molecular weight excluding hydrogens is 268 g/mol. The van der Waals surface area contributed by atoms with Gasteiger partial charge in [0, 0.05) is 4.47 Å². The first-order valence-corrected chi connectivity index (χ1v) is 6.01. The van der Waals surface area contributed by atoms with Crippen LogP contribution in [0.3, 0.4) is 0 Å². The maximum absolute atomic E-state index is 5.29. The molecule has 1 aromatic carbocycles. The molecule has 0 bridgehead atoms. The fourth-order valence-corrected chi connectivity index (χ4v) is 2.44. The molecule has 2 aliphatic heterocycles. The van der Waals surface area contributed by atoms with Crippen molar-refractivity contribution >= 4 is 22.1 Å². The van der Waals surface area contributed by atoms with Gasteiger partial charge >= 0.3 is 0 Å². The molecule has 0 N–H and O–H groups in total. The molecule has 0 saturated carbocycles. The first kappa shape index (κ1) is 9.90. The third kappa shape index (κ3) is 1.63. The first-order valence-electron chi connectivity index (χ1n) is 5.22. The van der Waals surface area contributed by atoms with Gasteiger partial charge < -0.3 is 9.64 Å². The summed E-state index contributed by atoms with van der Waals surface area (Å²) in [5.41, 5.74) is 2.27. The third-order valence-corrected chi connectivity index (χ3v) is 3.27. The zero-order valence-corrected chi connectivity index (χ0v) is 10.2. The Morgan fingerprint density at radius 2 is 2.38 bits per heavy atom. The lowest BCUT2D eigenvalue weighted by atomic mass is 10.1. The van der Waals surface area contributed by atoms with Gasteiger partial charge in [0.05, 0.1) is 18.5 Å². The third-order valence-electron chi connectivity index (χ3n) is 2.78. The van der Waals surface area contributed by atoms with Crippen LogP contribution in [0.4, 0.5) is 0 Å². The molecule has 16 heavy (non-hydrogen) atoms. The molecule has 0 amide bonds. The maximum atomic E-state index is 5.29. The number of allylic oxidation sites excluding steroid dienone is 1. The molecular formula is C12H11BrN2O. The van der Waals surface area contributed by atoms with E-state index >= 15 is 0 Å². The Kier molecular flexibility index (Phi) is 2.44. The van der Waals surface area contributed by atoms with Crippen LogP contribution in [0.15, 0.2) is 45.7 Å². The van der Waals surface area contributed by atoms with Gasteiger partial charge in [-0.15, -0.1) is 0 Å². The van der Waals surface area contributed by atoms with Crippen LogP contribution in [0.5, 0.6) is 0 Å². The lowest BCUT2D eigenvalue weighted by molar-refractivity contribution is 0.147. The van der Waals surface area contributed by atoms with E-state index in [1.807, 2.05) is 18.3 Å². The Labute approximate surface area is 103 Å². The molecule has 2 aliphatic rings. The minimum absolute atomic E-state index is 0.104. The second-order valence-corrected chi connectivity index (χ2v) is 4.73. The second-order valence-electron chi connectivity index (χ2n) is 3.81. The lowest BCUT2D eigenvalue weighted by Gasteiger charge is -2.29. The minimum atomic E-state index is 0.104. The van der Waals surface area contributed by atoms with E-state index in [1.54, 1.807) is 6.26 Å². The second kappa shape index (κ2) is 3.94. The van der Waals surface area contributed by atoms with Crippen LogP contribution in [-0.4, -0.2) is 24.3 Å². The summed E-state index contributed by atoms with van der Waals surface area (Å²) in [6.45, 7) is 1.63. The molecule has 0 aliphatic carbocycles. The van der Waals surface area contributed by atoms with Crippen LogP contribution < -0.4 is 0 Å². The number of halogens is 1. The number of benzene rings is 1. The fourth-order valence-electron chi connectivity index (χ4n) is 2.02. The van der Waals surface area contributed by atoms with E-state index in [4.69, 9.17) is 4.74 Å². The topological polar surface area (TPSA) is 24.8 Å². The molecule has 1 aromatic rings. The first-order chi connectivity index (χ1) is 7.84. The standard InChI is InChI=1S/C12H11BrN2O/c13-10-3-1-2-9(6-10)12-14-7-11-8-16-5-4-15(11)12/h1-3,6-8,12H,4-5H2. The van der Waals surface area contributed by atoms with Crippen molar-refractivity contribution in [2.24, 2.45) is 4.99 Å². The van der Waals surface area contributed by atoms with E-state index < -0.39 is 0 Å². The number of hydrogen-bond acceptors (Lipinski definition) is 3. The van der Waals surface area contributed by atoms with Gasteiger partial charge in [0.1, 0.15) is 19.0 Å². The zero-order valence-electron chi connectivity index (χ0n) is 8.64. The van der Waals surface area contributed by atoms with E-state index in [1.165, 1.54) is 5.56 Å². The fraction of sp³-hybridized carbons (Fsp3) is 0.250. The number of nitrogens with zero attached hydrogens (tertiary/aromatic N) is 2. The largest absolute Gasteiger partial charge is 0.497 e. The Morgan fingerprint density at radius 1 is 1.44 bits per heavy atom. The summed E-state index contributed by atoms with van der Waals surface area (Å²) in [6, 6.07) is 8.28. The van der Waals surface area contributed by atoms with Crippen molar-refractivity contribution in [3.8, 4) is 0 Å². The van der Waals surface area contributed by atoms with Gasteiger partial charge in [-0.05, 0) is 17.7 Å². The maximum Gasteiger partial charge on any atom is 0.147 e. The molecule has 0 fully saturated rings. The Bertz CT molecular complexity index is 470. The smallest absolute Gasteiger partial charge is 0.147 e. The van der Waals surface area contributed by atoms with Crippen molar-refractivity contribution in [2.45, 2.75) is 6.17 Å². The normalized spacial score (nSPS) is 22.7. The Balaban J connectivity index is 1.94. The lowest BCUT2D eigenvalue weighted by Crippen LogP contribution is -2.29. The predicted octanol–water partition coefficient (Wildman–Crippen LogP) is 2.71. The summed E-state index contributed by atoms with van der Waals surface area (Å²) in [5.74, 6) is 0. The predicted molar refractivity (Wildman–Crippen MR) is 66.1 cm³/mol. The SMILES string of the molecule is Brc1cccc(C2N=CC3=COCCN32)c1. The quantitative estimate of drug-likeness (QED) is 0.789. The molecule has 4 heteroatoms. The molecule has 1 unspecified atom stereocenters. The molecule has 3 rings (SSSR count). The van der Waals surface area contributed by atoms with Crippen molar-refractivity contribution in [3.05, 3.63) is 46.3 Å². The van der Waals surface area contributed by atoms with Crippen LogP contribution in [0, 0.1) is 0 Å². The highest BCUT2D eigenvalue weighted by Crippen LogP contribution is 2.32. The summed E-state index contributed by atoms with van der Waals surface area (Å²) >= 11 is 3.49. The number of ether oxygens (including phenoxy) is 1. The average molecular weight is 279 g/mol. The van der Waals surface area contributed by atoms with Gasteiger partial charge in [-0.3, -0.25) is 4.99 Å². The molecule has 82 valence electrons. The van der Waals surface area contributed by atoms with Gasteiger partial charge in [0.2, 0.25) is 0 Å². The minimum Gasteiger partial charge on any atom is -0.497 e. The summed E-state index contributed by atoms with van der Waals surface area (Å²) in [7, 11) is 0. The molecule has 1 atom stereocenters. The van der Waals surface area contributed by atoms with Crippen molar-refractivity contribution in [2.75, 3.05) is 13.2 Å². The van der Waals surface area contributed by atoms with Gasteiger partial charge in [-0.1, -0.05) is 28.1 Å². The highest BCUT2D eigenvalue weighted by atomic mass is 79.9. The van der Waals surface area contributed by atoms with Crippen LogP contribution in [0.25, 0.3) is 0 Å².